The number of aliphatic imine (C=N–C) groups is 1. The van der Waals surface area contributed by atoms with Gasteiger partial charge in [0.1, 0.15) is 0 Å². The van der Waals surface area contributed by atoms with Gasteiger partial charge in [0, 0.05) is 17.6 Å². The zero-order valence-electron chi connectivity index (χ0n) is 11.5. The number of carbonyl (C=O) groups excluding carboxylic acids is 1. The first kappa shape index (κ1) is 15.7. The SMILES string of the molecule is CCCC(=O)c1c(Cl)cc(Cl)cc1/N=C/c1ccccn1. The van der Waals surface area contributed by atoms with Gasteiger partial charge >= 0.3 is 0 Å². The second-order valence-corrected chi connectivity index (χ2v) is 5.31. The summed E-state index contributed by atoms with van der Waals surface area (Å²) < 4.78 is 0. The van der Waals surface area contributed by atoms with E-state index in [2.05, 4.69) is 9.98 Å². The van der Waals surface area contributed by atoms with Crippen LogP contribution in [0.15, 0.2) is 41.5 Å². The van der Waals surface area contributed by atoms with Crippen molar-refractivity contribution in [2.75, 3.05) is 0 Å². The van der Waals surface area contributed by atoms with Gasteiger partial charge in [0.05, 0.1) is 28.2 Å². The molecule has 0 aliphatic rings. The number of hydrogen-bond acceptors (Lipinski definition) is 3. The van der Waals surface area contributed by atoms with Crippen molar-refractivity contribution in [2.45, 2.75) is 19.8 Å². The summed E-state index contributed by atoms with van der Waals surface area (Å²) in [5, 5.41) is 0.773. The first-order valence-corrected chi connectivity index (χ1v) is 7.34. The van der Waals surface area contributed by atoms with Crippen LogP contribution in [0.3, 0.4) is 0 Å². The normalized spacial score (nSPS) is 11.0. The van der Waals surface area contributed by atoms with E-state index in [-0.39, 0.29) is 5.78 Å². The topological polar surface area (TPSA) is 42.3 Å². The van der Waals surface area contributed by atoms with E-state index in [0.29, 0.717) is 33.4 Å². The molecule has 0 saturated carbocycles. The van der Waals surface area contributed by atoms with E-state index in [4.69, 9.17) is 23.2 Å². The fraction of sp³-hybridized carbons (Fsp3) is 0.188. The molecule has 0 fully saturated rings. The van der Waals surface area contributed by atoms with Crippen LogP contribution in [-0.4, -0.2) is 17.0 Å². The minimum Gasteiger partial charge on any atom is -0.294 e. The fourth-order valence-electron chi connectivity index (χ4n) is 1.88. The van der Waals surface area contributed by atoms with Crippen LogP contribution in [0.2, 0.25) is 10.0 Å². The van der Waals surface area contributed by atoms with Crippen molar-refractivity contribution in [3.63, 3.8) is 0 Å². The number of aromatic nitrogens is 1. The Bertz CT molecular complexity index is 669. The molecule has 108 valence electrons. The summed E-state index contributed by atoms with van der Waals surface area (Å²) in [6, 6.07) is 8.71. The number of benzene rings is 1. The average molecular weight is 321 g/mol. The Morgan fingerprint density at radius 2 is 2.14 bits per heavy atom. The monoisotopic (exact) mass is 320 g/mol. The van der Waals surface area contributed by atoms with E-state index in [1.54, 1.807) is 24.5 Å². The molecule has 0 bridgehead atoms. The molecule has 0 aliphatic carbocycles. The summed E-state index contributed by atoms with van der Waals surface area (Å²) >= 11 is 12.2. The van der Waals surface area contributed by atoms with Crippen LogP contribution < -0.4 is 0 Å². The third-order valence-corrected chi connectivity index (χ3v) is 3.33. The van der Waals surface area contributed by atoms with Gasteiger partial charge in [-0.1, -0.05) is 36.2 Å². The lowest BCUT2D eigenvalue weighted by atomic mass is 10.0. The summed E-state index contributed by atoms with van der Waals surface area (Å²) in [6.07, 6.45) is 4.44. The zero-order valence-corrected chi connectivity index (χ0v) is 13.0. The van der Waals surface area contributed by atoms with Gasteiger partial charge in [-0.2, -0.15) is 0 Å². The second kappa shape index (κ2) is 7.34. The van der Waals surface area contributed by atoms with Gasteiger partial charge in [-0.05, 0) is 30.7 Å². The molecule has 0 radical (unpaired) electrons. The van der Waals surface area contributed by atoms with E-state index in [0.717, 1.165) is 6.42 Å². The zero-order chi connectivity index (χ0) is 15.2. The highest BCUT2D eigenvalue weighted by molar-refractivity contribution is 6.37. The lowest BCUT2D eigenvalue weighted by molar-refractivity contribution is 0.0982. The molecule has 2 rings (SSSR count). The third kappa shape index (κ3) is 4.13. The van der Waals surface area contributed by atoms with Gasteiger partial charge in [0.2, 0.25) is 0 Å². The van der Waals surface area contributed by atoms with Crippen LogP contribution in [0.25, 0.3) is 0 Å². The Morgan fingerprint density at radius 3 is 2.81 bits per heavy atom. The highest BCUT2D eigenvalue weighted by Crippen LogP contribution is 2.32. The largest absolute Gasteiger partial charge is 0.294 e. The standard InChI is InChI=1S/C16H14Cl2N2O/c1-2-5-15(21)16-13(18)8-11(17)9-14(16)20-10-12-6-3-4-7-19-12/h3-4,6-10H,2,5H2,1H3/b20-10+. The van der Waals surface area contributed by atoms with Crippen LogP contribution in [-0.2, 0) is 0 Å². The number of carbonyl (C=O) groups is 1. The molecule has 0 saturated heterocycles. The van der Waals surface area contributed by atoms with Gasteiger partial charge in [0.25, 0.3) is 0 Å². The molecule has 5 heteroatoms. The van der Waals surface area contributed by atoms with Gasteiger partial charge in [0.15, 0.2) is 5.78 Å². The molecule has 21 heavy (non-hydrogen) atoms. The lowest BCUT2D eigenvalue weighted by Crippen LogP contribution is -2.00. The first-order valence-electron chi connectivity index (χ1n) is 6.59. The summed E-state index contributed by atoms with van der Waals surface area (Å²) in [7, 11) is 0. The maximum atomic E-state index is 12.2. The van der Waals surface area contributed by atoms with Gasteiger partial charge in [-0.3, -0.25) is 14.8 Å². The summed E-state index contributed by atoms with van der Waals surface area (Å²) in [6.45, 7) is 1.94. The quantitative estimate of drug-likeness (QED) is 0.566. The second-order valence-electron chi connectivity index (χ2n) is 4.47. The first-order chi connectivity index (χ1) is 10.1. The van der Waals surface area contributed by atoms with Crippen molar-refractivity contribution in [3.05, 3.63) is 57.8 Å². The molecule has 0 aliphatic heterocycles. The van der Waals surface area contributed by atoms with E-state index < -0.39 is 0 Å². The number of ketones is 1. The average Bonchev–Trinajstić information content (AvgIpc) is 2.45. The summed E-state index contributed by atoms with van der Waals surface area (Å²) in [5.74, 6) is -0.0349. The maximum Gasteiger partial charge on any atom is 0.166 e. The van der Waals surface area contributed by atoms with Crippen molar-refractivity contribution in [2.24, 2.45) is 4.99 Å². The van der Waals surface area contributed by atoms with Crippen LogP contribution in [0.1, 0.15) is 35.8 Å². The van der Waals surface area contributed by atoms with Crippen molar-refractivity contribution < 1.29 is 4.79 Å². The van der Waals surface area contributed by atoms with Crippen molar-refractivity contribution in [3.8, 4) is 0 Å². The number of hydrogen-bond donors (Lipinski definition) is 0. The predicted molar refractivity (Wildman–Crippen MR) is 87.2 cm³/mol. The number of rotatable bonds is 5. The Labute approximate surface area is 133 Å². The molecular formula is C16H14Cl2N2O. The van der Waals surface area contributed by atoms with Crippen LogP contribution >= 0.6 is 23.2 Å². The molecular weight excluding hydrogens is 307 g/mol. The van der Waals surface area contributed by atoms with Crippen LogP contribution in [0.4, 0.5) is 5.69 Å². The number of nitrogens with zero attached hydrogens (tertiary/aromatic N) is 2. The Morgan fingerprint density at radius 1 is 1.33 bits per heavy atom. The molecule has 0 atom stereocenters. The predicted octanol–water partition coefficient (Wildman–Crippen LogP) is 5.12. The molecule has 1 aromatic carbocycles. The highest BCUT2D eigenvalue weighted by Gasteiger charge is 2.15. The van der Waals surface area contributed by atoms with Gasteiger partial charge in [-0.15, -0.1) is 0 Å². The van der Waals surface area contributed by atoms with Gasteiger partial charge in [-0.25, -0.2) is 0 Å². The molecule has 0 N–H and O–H groups in total. The van der Waals surface area contributed by atoms with Crippen LogP contribution in [0.5, 0.6) is 0 Å². The molecule has 0 spiro atoms. The minimum atomic E-state index is -0.0349. The maximum absolute atomic E-state index is 12.2. The molecule has 3 nitrogen and oxygen atoms in total. The fourth-order valence-corrected chi connectivity index (χ4v) is 2.47. The molecule has 2 aromatic rings. The third-order valence-electron chi connectivity index (χ3n) is 2.81. The Hall–Kier alpha value is -1.71. The molecule has 0 unspecified atom stereocenters. The summed E-state index contributed by atoms with van der Waals surface area (Å²) in [5.41, 5.74) is 1.58. The van der Waals surface area contributed by atoms with Gasteiger partial charge < -0.3 is 0 Å². The van der Waals surface area contributed by atoms with Crippen LogP contribution in [0, 0.1) is 0 Å². The molecule has 0 amide bonds. The molecule has 1 heterocycles. The van der Waals surface area contributed by atoms with Crippen molar-refractivity contribution in [1.82, 2.24) is 4.98 Å². The Kier molecular flexibility index (Phi) is 5.48. The van der Waals surface area contributed by atoms with Crippen molar-refractivity contribution in [1.29, 1.82) is 0 Å². The minimum absolute atomic E-state index is 0.0349. The number of Topliss-reactive ketones (excluding diaryl/α,β-unsaturated/α-hetero) is 1. The van der Waals surface area contributed by atoms with E-state index in [9.17, 15) is 4.79 Å². The smallest absolute Gasteiger partial charge is 0.166 e. The number of pyridine rings is 1. The van der Waals surface area contributed by atoms with Crippen molar-refractivity contribution >= 4 is 40.9 Å². The Balaban J connectivity index is 2.42. The van der Waals surface area contributed by atoms with E-state index >= 15 is 0 Å². The lowest BCUT2D eigenvalue weighted by Gasteiger charge is -2.07. The summed E-state index contributed by atoms with van der Waals surface area (Å²) in [4.78, 5) is 20.7. The number of halogens is 2. The van der Waals surface area contributed by atoms with E-state index in [1.807, 2.05) is 25.1 Å². The highest BCUT2D eigenvalue weighted by atomic mass is 35.5. The van der Waals surface area contributed by atoms with E-state index in [1.165, 1.54) is 0 Å². The molecule has 1 aromatic heterocycles.